The second-order valence-electron chi connectivity index (χ2n) is 5.76. The molecule has 0 saturated carbocycles. The molecule has 2 unspecified atom stereocenters. The van der Waals surface area contributed by atoms with Gasteiger partial charge in [-0.05, 0) is 13.3 Å². The molecule has 3 heterocycles. The molecule has 3 aliphatic heterocycles. The van der Waals surface area contributed by atoms with Gasteiger partial charge in [-0.15, -0.1) is 0 Å². The largest absolute Gasteiger partial charge is 0.466 e. The first kappa shape index (κ1) is 14.5. The van der Waals surface area contributed by atoms with Gasteiger partial charge in [-0.1, -0.05) is 12.2 Å². The van der Waals surface area contributed by atoms with Gasteiger partial charge < -0.3 is 19.1 Å². The van der Waals surface area contributed by atoms with Crippen molar-refractivity contribution >= 4 is 11.9 Å². The van der Waals surface area contributed by atoms with Crippen molar-refractivity contribution in [3.05, 3.63) is 12.2 Å². The first-order valence-corrected chi connectivity index (χ1v) is 7.44. The highest BCUT2D eigenvalue weighted by Gasteiger charge is 2.67. The smallest absolute Gasteiger partial charge is 0.312 e. The summed E-state index contributed by atoms with van der Waals surface area (Å²) in [5.74, 6) is -1.27. The van der Waals surface area contributed by atoms with Crippen LogP contribution in [-0.2, 0) is 23.8 Å². The van der Waals surface area contributed by atoms with Crippen LogP contribution in [0.1, 0.15) is 13.3 Å². The minimum absolute atomic E-state index is 0.00370. The molecule has 21 heavy (non-hydrogen) atoms. The van der Waals surface area contributed by atoms with E-state index < -0.39 is 17.4 Å². The van der Waals surface area contributed by atoms with Crippen molar-refractivity contribution in [3.8, 4) is 0 Å². The number of rotatable bonds is 6. The van der Waals surface area contributed by atoms with E-state index in [1.807, 2.05) is 12.2 Å². The molecule has 6 heteroatoms. The Labute approximate surface area is 124 Å². The molecular formula is C15H21NO5. The number of likely N-dealkylation sites (tertiary alicyclic amines) is 1. The fraction of sp³-hybridized carbons (Fsp3) is 0.733. The van der Waals surface area contributed by atoms with Gasteiger partial charge in [0.15, 0.2) is 0 Å². The van der Waals surface area contributed by atoms with Gasteiger partial charge in [0.05, 0.1) is 25.2 Å². The zero-order chi connectivity index (χ0) is 15.0. The van der Waals surface area contributed by atoms with E-state index in [0.29, 0.717) is 26.3 Å². The van der Waals surface area contributed by atoms with Crippen LogP contribution >= 0.6 is 0 Å². The molecule has 116 valence electrons. The lowest BCUT2D eigenvalue weighted by molar-refractivity contribution is -0.153. The van der Waals surface area contributed by atoms with E-state index in [-0.39, 0.29) is 18.0 Å². The number of nitrogens with zero attached hydrogens (tertiary/aromatic N) is 1. The molecule has 3 aliphatic rings. The van der Waals surface area contributed by atoms with Crippen LogP contribution in [0.25, 0.3) is 0 Å². The van der Waals surface area contributed by atoms with Gasteiger partial charge >= 0.3 is 5.97 Å². The molecule has 1 amide bonds. The Bertz CT molecular complexity index is 477. The Kier molecular flexibility index (Phi) is 3.75. The van der Waals surface area contributed by atoms with Crippen LogP contribution in [-0.4, -0.2) is 61.9 Å². The summed E-state index contributed by atoms with van der Waals surface area (Å²) in [6.45, 7) is 3.84. The number of methoxy groups -OCH3 is 1. The maximum atomic E-state index is 12.6. The van der Waals surface area contributed by atoms with Crippen LogP contribution in [0.2, 0.25) is 0 Å². The van der Waals surface area contributed by atoms with Crippen molar-refractivity contribution in [1.82, 2.24) is 4.90 Å². The van der Waals surface area contributed by atoms with Gasteiger partial charge in [0.25, 0.3) is 0 Å². The number of hydrogen-bond acceptors (Lipinski definition) is 5. The van der Waals surface area contributed by atoms with Crippen LogP contribution in [0, 0.1) is 11.8 Å². The number of hydrogen-bond donors (Lipinski definition) is 0. The van der Waals surface area contributed by atoms with Crippen molar-refractivity contribution in [1.29, 1.82) is 0 Å². The monoisotopic (exact) mass is 295 g/mol. The van der Waals surface area contributed by atoms with Gasteiger partial charge in [0.2, 0.25) is 5.91 Å². The Morgan fingerprint density at radius 2 is 2.38 bits per heavy atom. The molecule has 2 bridgehead atoms. The van der Waals surface area contributed by atoms with Crippen molar-refractivity contribution in [2.24, 2.45) is 11.8 Å². The Morgan fingerprint density at radius 3 is 3.10 bits per heavy atom. The number of carbonyl (C=O) groups excluding carboxylic acids is 2. The maximum absolute atomic E-state index is 12.6. The third kappa shape index (κ3) is 2.17. The number of amides is 1. The fourth-order valence-electron chi connectivity index (χ4n) is 3.67. The Balaban J connectivity index is 1.77. The molecule has 2 saturated heterocycles. The summed E-state index contributed by atoms with van der Waals surface area (Å²) in [5, 5.41) is 0. The quantitative estimate of drug-likeness (QED) is 0.402. The molecule has 0 aromatic rings. The zero-order valence-electron chi connectivity index (χ0n) is 12.4. The van der Waals surface area contributed by atoms with Crippen molar-refractivity contribution in [2.45, 2.75) is 25.0 Å². The van der Waals surface area contributed by atoms with Gasteiger partial charge in [-0.2, -0.15) is 0 Å². The molecule has 0 aromatic heterocycles. The van der Waals surface area contributed by atoms with E-state index in [2.05, 4.69) is 0 Å². The first-order chi connectivity index (χ1) is 10.1. The predicted molar refractivity (Wildman–Crippen MR) is 73.4 cm³/mol. The SMILES string of the molecule is CCOC(=O)C1[C@H]2C=CC3(CN(CCCOC)C(=O)[C@@H]13)O2. The highest BCUT2D eigenvalue weighted by atomic mass is 16.6. The summed E-state index contributed by atoms with van der Waals surface area (Å²) in [7, 11) is 1.64. The average molecular weight is 295 g/mol. The summed E-state index contributed by atoms with van der Waals surface area (Å²) < 4.78 is 16.1. The Hall–Kier alpha value is -1.40. The van der Waals surface area contributed by atoms with Crippen molar-refractivity contribution in [3.63, 3.8) is 0 Å². The lowest BCUT2D eigenvalue weighted by Gasteiger charge is -2.22. The summed E-state index contributed by atoms with van der Waals surface area (Å²) in [5.41, 5.74) is -0.633. The second kappa shape index (κ2) is 5.42. The molecule has 2 fully saturated rings. The van der Waals surface area contributed by atoms with E-state index in [1.54, 1.807) is 18.9 Å². The molecule has 0 radical (unpaired) electrons. The minimum Gasteiger partial charge on any atom is -0.466 e. The van der Waals surface area contributed by atoms with Gasteiger partial charge in [0.1, 0.15) is 11.5 Å². The third-order valence-corrected chi connectivity index (χ3v) is 4.51. The number of carbonyl (C=O) groups is 2. The summed E-state index contributed by atoms with van der Waals surface area (Å²) in [6.07, 6.45) is 4.30. The van der Waals surface area contributed by atoms with E-state index in [4.69, 9.17) is 14.2 Å². The number of esters is 1. The summed E-state index contributed by atoms with van der Waals surface area (Å²) >= 11 is 0. The molecular weight excluding hydrogens is 274 g/mol. The lowest BCUT2D eigenvalue weighted by Crippen LogP contribution is -2.40. The molecule has 4 atom stereocenters. The maximum Gasteiger partial charge on any atom is 0.312 e. The van der Waals surface area contributed by atoms with Crippen molar-refractivity contribution in [2.75, 3.05) is 33.4 Å². The normalized spacial score (nSPS) is 36.4. The Morgan fingerprint density at radius 1 is 1.57 bits per heavy atom. The first-order valence-electron chi connectivity index (χ1n) is 7.44. The van der Waals surface area contributed by atoms with Crippen molar-refractivity contribution < 1.29 is 23.8 Å². The van der Waals surface area contributed by atoms with Gasteiger partial charge in [-0.25, -0.2) is 0 Å². The summed E-state index contributed by atoms with van der Waals surface area (Å²) in [6, 6.07) is 0. The van der Waals surface area contributed by atoms with E-state index >= 15 is 0 Å². The van der Waals surface area contributed by atoms with Crippen LogP contribution in [0.15, 0.2) is 12.2 Å². The van der Waals surface area contributed by atoms with E-state index in [1.165, 1.54) is 0 Å². The average Bonchev–Trinajstić information content (AvgIpc) is 3.08. The highest BCUT2D eigenvalue weighted by Crippen LogP contribution is 2.52. The number of fused-ring (bicyclic) bond motifs is 1. The molecule has 6 nitrogen and oxygen atoms in total. The molecule has 0 aromatic carbocycles. The minimum atomic E-state index is -0.633. The van der Waals surface area contributed by atoms with Gasteiger partial charge in [-0.3, -0.25) is 9.59 Å². The molecule has 0 aliphatic carbocycles. The summed E-state index contributed by atoms with van der Waals surface area (Å²) in [4.78, 5) is 26.6. The van der Waals surface area contributed by atoms with E-state index in [9.17, 15) is 9.59 Å². The lowest BCUT2D eigenvalue weighted by atomic mass is 9.77. The highest BCUT2D eigenvalue weighted by molar-refractivity contribution is 5.91. The second-order valence-corrected chi connectivity index (χ2v) is 5.76. The van der Waals surface area contributed by atoms with Gasteiger partial charge in [0, 0.05) is 20.3 Å². The molecule has 3 rings (SSSR count). The predicted octanol–water partition coefficient (Wildman–Crippen LogP) is 0.368. The molecule has 1 spiro atoms. The van der Waals surface area contributed by atoms with Crippen LogP contribution in [0.4, 0.5) is 0 Å². The standard InChI is InChI=1S/C15H21NO5/c1-3-20-14(18)11-10-5-6-15(21-10)9-16(7-4-8-19-2)13(17)12(11)15/h5-6,10-12H,3-4,7-9H2,1-2H3/t10-,11?,12-,15?/m1/s1. The third-order valence-electron chi connectivity index (χ3n) is 4.51. The van der Waals surface area contributed by atoms with Crippen LogP contribution < -0.4 is 0 Å². The van der Waals surface area contributed by atoms with Crippen LogP contribution in [0.5, 0.6) is 0 Å². The van der Waals surface area contributed by atoms with Crippen LogP contribution in [0.3, 0.4) is 0 Å². The van der Waals surface area contributed by atoms with E-state index in [0.717, 1.165) is 6.42 Å². The fourth-order valence-corrected chi connectivity index (χ4v) is 3.67. The number of ether oxygens (including phenoxy) is 3. The molecule has 0 N–H and O–H groups in total. The topological polar surface area (TPSA) is 65.1 Å². The zero-order valence-corrected chi connectivity index (χ0v) is 12.4.